The van der Waals surface area contributed by atoms with Crippen molar-refractivity contribution in [3.8, 4) is 5.75 Å². The molecule has 0 atom stereocenters. The highest BCUT2D eigenvalue weighted by Crippen LogP contribution is 2.28. The van der Waals surface area contributed by atoms with Crippen molar-refractivity contribution in [1.29, 1.82) is 0 Å². The second-order valence-corrected chi connectivity index (χ2v) is 6.12. The third-order valence-corrected chi connectivity index (χ3v) is 4.61. The van der Waals surface area contributed by atoms with Gasteiger partial charge < -0.3 is 15.0 Å². The first-order valence-electron chi connectivity index (χ1n) is 8.14. The number of nitrogens with zero attached hydrogens (tertiary/aromatic N) is 1. The van der Waals surface area contributed by atoms with E-state index in [1.54, 1.807) is 0 Å². The molecule has 2 aliphatic rings. The zero-order valence-electron chi connectivity index (χ0n) is 13.6. The SMILES string of the molecule is CNCCC1CCN(C(=O)C2=Cc3ccccc3OC2)CC1.Cl. The number of para-hydroxylation sites is 1. The molecule has 1 saturated heterocycles. The van der Waals surface area contributed by atoms with Gasteiger partial charge in [0.25, 0.3) is 5.91 Å². The summed E-state index contributed by atoms with van der Waals surface area (Å²) in [5.41, 5.74) is 1.77. The summed E-state index contributed by atoms with van der Waals surface area (Å²) < 4.78 is 5.70. The molecule has 1 fully saturated rings. The van der Waals surface area contributed by atoms with Crippen molar-refractivity contribution >= 4 is 24.4 Å². The summed E-state index contributed by atoms with van der Waals surface area (Å²) in [6, 6.07) is 7.86. The third-order valence-electron chi connectivity index (χ3n) is 4.61. The highest BCUT2D eigenvalue weighted by molar-refractivity contribution is 5.99. The fourth-order valence-electron chi connectivity index (χ4n) is 3.22. The van der Waals surface area contributed by atoms with Crippen LogP contribution in [0.2, 0.25) is 0 Å². The van der Waals surface area contributed by atoms with E-state index >= 15 is 0 Å². The predicted molar refractivity (Wildman–Crippen MR) is 95.0 cm³/mol. The molecule has 0 aliphatic carbocycles. The van der Waals surface area contributed by atoms with Crippen molar-refractivity contribution < 1.29 is 9.53 Å². The first kappa shape index (κ1) is 17.8. The number of ether oxygens (including phenoxy) is 1. The summed E-state index contributed by atoms with van der Waals surface area (Å²) in [7, 11) is 1.99. The van der Waals surface area contributed by atoms with Gasteiger partial charge in [-0.3, -0.25) is 4.79 Å². The lowest BCUT2D eigenvalue weighted by Crippen LogP contribution is -2.40. The van der Waals surface area contributed by atoms with Gasteiger partial charge in [-0.1, -0.05) is 18.2 Å². The van der Waals surface area contributed by atoms with E-state index in [4.69, 9.17) is 4.74 Å². The molecule has 0 aromatic heterocycles. The number of hydrogen-bond acceptors (Lipinski definition) is 3. The van der Waals surface area contributed by atoms with Crippen LogP contribution >= 0.6 is 12.4 Å². The summed E-state index contributed by atoms with van der Waals surface area (Å²) in [6.45, 7) is 3.18. The molecule has 0 unspecified atom stereocenters. The summed E-state index contributed by atoms with van der Waals surface area (Å²) in [5, 5.41) is 3.20. The maximum Gasteiger partial charge on any atom is 0.253 e. The Balaban J connectivity index is 0.00000192. The molecule has 0 radical (unpaired) electrons. The van der Waals surface area contributed by atoms with Gasteiger partial charge >= 0.3 is 0 Å². The maximum absolute atomic E-state index is 12.6. The molecule has 0 bridgehead atoms. The molecule has 2 heterocycles. The first-order chi connectivity index (χ1) is 10.8. The number of halogens is 1. The number of nitrogens with one attached hydrogen (secondary N) is 1. The Kier molecular flexibility index (Phi) is 6.48. The molecule has 1 N–H and O–H groups in total. The van der Waals surface area contributed by atoms with E-state index in [1.807, 2.05) is 42.3 Å². The molecule has 0 saturated carbocycles. The molecule has 1 aromatic carbocycles. The Bertz CT molecular complexity index is 566. The molecule has 4 nitrogen and oxygen atoms in total. The lowest BCUT2D eigenvalue weighted by molar-refractivity contribution is -0.128. The smallest absolute Gasteiger partial charge is 0.253 e. The Morgan fingerprint density at radius 3 is 2.78 bits per heavy atom. The lowest BCUT2D eigenvalue weighted by atomic mass is 9.93. The van der Waals surface area contributed by atoms with E-state index in [2.05, 4.69) is 5.32 Å². The van der Waals surface area contributed by atoms with E-state index in [-0.39, 0.29) is 18.3 Å². The van der Waals surface area contributed by atoms with Gasteiger partial charge in [0.15, 0.2) is 0 Å². The normalized spacial score (nSPS) is 17.6. The van der Waals surface area contributed by atoms with Crippen LogP contribution < -0.4 is 10.1 Å². The topological polar surface area (TPSA) is 41.6 Å². The van der Waals surface area contributed by atoms with Gasteiger partial charge in [0, 0.05) is 18.7 Å². The fourth-order valence-corrected chi connectivity index (χ4v) is 3.22. The second-order valence-electron chi connectivity index (χ2n) is 6.12. The summed E-state index contributed by atoms with van der Waals surface area (Å²) in [6.07, 6.45) is 5.41. The Labute approximate surface area is 144 Å². The largest absolute Gasteiger partial charge is 0.488 e. The van der Waals surface area contributed by atoms with Gasteiger partial charge in [0.2, 0.25) is 0 Å². The van der Waals surface area contributed by atoms with E-state index in [0.717, 1.165) is 55.3 Å². The minimum Gasteiger partial charge on any atom is -0.488 e. The number of hydrogen-bond donors (Lipinski definition) is 1. The molecule has 0 spiro atoms. The fraction of sp³-hybridized carbons (Fsp3) is 0.500. The zero-order chi connectivity index (χ0) is 15.4. The predicted octanol–water partition coefficient (Wildman–Crippen LogP) is 2.73. The van der Waals surface area contributed by atoms with E-state index < -0.39 is 0 Å². The van der Waals surface area contributed by atoms with Crippen molar-refractivity contribution in [1.82, 2.24) is 10.2 Å². The summed E-state index contributed by atoms with van der Waals surface area (Å²) in [5.74, 6) is 1.75. The zero-order valence-corrected chi connectivity index (χ0v) is 14.4. The minimum absolute atomic E-state index is 0. The number of likely N-dealkylation sites (tertiary alicyclic amines) is 1. The highest BCUT2D eigenvalue weighted by Gasteiger charge is 2.26. The standard InChI is InChI=1S/C18H24N2O2.ClH/c1-19-9-6-14-7-10-20(11-8-14)18(21)16-12-15-4-2-3-5-17(15)22-13-16;/h2-5,12,14,19H,6-11,13H2,1H3;1H. The van der Waals surface area contributed by atoms with Crippen LogP contribution in [0.1, 0.15) is 24.8 Å². The van der Waals surface area contributed by atoms with Crippen molar-refractivity contribution in [2.75, 3.05) is 33.3 Å². The molecule has 126 valence electrons. The number of rotatable bonds is 4. The number of fused-ring (bicyclic) bond motifs is 1. The number of piperidine rings is 1. The van der Waals surface area contributed by atoms with Gasteiger partial charge in [0.1, 0.15) is 12.4 Å². The molecular weight excluding hydrogens is 312 g/mol. The Morgan fingerprint density at radius 2 is 2.04 bits per heavy atom. The van der Waals surface area contributed by atoms with Crippen LogP contribution in [0.5, 0.6) is 5.75 Å². The quantitative estimate of drug-likeness (QED) is 0.919. The lowest BCUT2D eigenvalue weighted by Gasteiger charge is -2.33. The van der Waals surface area contributed by atoms with Crippen LogP contribution in [0.25, 0.3) is 6.08 Å². The van der Waals surface area contributed by atoms with E-state index in [0.29, 0.717) is 6.61 Å². The van der Waals surface area contributed by atoms with Crippen molar-refractivity contribution in [2.24, 2.45) is 5.92 Å². The van der Waals surface area contributed by atoms with Crippen molar-refractivity contribution in [3.63, 3.8) is 0 Å². The highest BCUT2D eigenvalue weighted by atomic mass is 35.5. The molecule has 23 heavy (non-hydrogen) atoms. The van der Waals surface area contributed by atoms with E-state index in [1.165, 1.54) is 6.42 Å². The minimum atomic E-state index is 0. The van der Waals surface area contributed by atoms with Crippen LogP contribution in [-0.2, 0) is 4.79 Å². The molecule has 5 heteroatoms. The van der Waals surface area contributed by atoms with Crippen molar-refractivity contribution in [2.45, 2.75) is 19.3 Å². The van der Waals surface area contributed by atoms with Crippen LogP contribution in [0, 0.1) is 5.92 Å². The molecule has 2 aliphatic heterocycles. The molecule has 3 rings (SSSR count). The van der Waals surface area contributed by atoms with Gasteiger partial charge in [-0.05, 0) is 50.9 Å². The first-order valence-corrected chi connectivity index (χ1v) is 8.14. The van der Waals surface area contributed by atoms with Gasteiger partial charge in [-0.25, -0.2) is 0 Å². The number of amides is 1. The monoisotopic (exact) mass is 336 g/mol. The Morgan fingerprint density at radius 1 is 1.30 bits per heavy atom. The van der Waals surface area contributed by atoms with Crippen LogP contribution in [-0.4, -0.2) is 44.1 Å². The molecule has 1 amide bonds. The van der Waals surface area contributed by atoms with Crippen LogP contribution in [0.15, 0.2) is 29.8 Å². The van der Waals surface area contributed by atoms with Crippen molar-refractivity contribution in [3.05, 3.63) is 35.4 Å². The third kappa shape index (κ3) is 4.27. The second kappa shape index (κ2) is 8.37. The molecule has 1 aromatic rings. The maximum atomic E-state index is 12.6. The van der Waals surface area contributed by atoms with Crippen LogP contribution in [0.4, 0.5) is 0 Å². The Hall–Kier alpha value is -1.52. The average molecular weight is 337 g/mol. The number of benzene rings is 1. The molecular formula is C18H25ClN2O2. The van der Waals surface area contributed by atoms with Gasteiger partial charge in [-0.15, -0.1) is 12.4 Å². The average Bonchev–Trinajstić information content (AvgIpc) is 2.59. The van der Waals surface area contributed by atoms with E-state index in [9.17, 15) is 4.79 Å². The summed E-state index contributed by atoms with van der Waals surface area (Å²) in [4.78, 5) is 14.6. The van der Waals surface area contributed by atoms with Gasteiger partial charge in [0.05, 0.1) is 5.57 Å². The number of carbonyl (C=O) groups excluding carboxylic acids is 1. The van der Waals surface area contributed by atoms with Crippen LogP contribution in [0.3, 0.4) is 0 Å². The number of carbonyl (C=O) groups is 1. The summed E-state index contributed by atoms with van der Waals surface area (Å²) >= 11 is 0. The van der Waals surface area contributed by atoms with Gasteiger partial charge in [-0.2, -0.15) is 0 Å².